The molecule has 0 radical (unpaired) electrons. The molecule has 0 spiro atoms. The summed E-state index contributed by atoms with van der Waals surface area (Å²) in [6, 6.07) is 0. The van der Waals surface area contributed by atoms with Crippen molar-refractivity contribution in [3.05, 3.63) is 0 Å². The van der Waals surface area contributed by atoms with E-state index in [1.807, 2.05) is 0 Å². The summed E-state index contributed by atoms with van der Waals surface area (Å²) in [6.45, 7) is 0. The second-order valence-electron chi connectivity index (χ2n) is 4.93. The number of rotatable bonds is 5. The molecule has 0 aromatic rings. The van der Waals surface area contributed by atoms with Crippen molar-refractivity contribution < 1.29 is 18.3 Å². The zero-order valence-electron chi connectivity index (χ0n) is 8.61. The predicted octanol–water partition coefficient (Wildman–Crippen LogP) is 1.21. The predicted molar refractivity (Wildman–Crippen MR) is 55.3 cm³/mol. The molecule has 0 heterocycles. The second-order valence-corrected chi connectivity index (χ2v) is 7.21. The van der Waals surface area contributed by atoms with Gasteiger partial charge in [0, 0.05) is 0 Å². The number of carboxylic acid groups (broad SMARTS) is 1. The van der Waals surface area contributed by atoms with Gasteiger partial charge < -0.3 is 5.11 Å². The summed E-state index contributed by atoms with van der Waals surface area (Å²) in [6.07, 6.45) is 4.06. The van der Waals surface area contributed by atoms with Gasteiger partial charge in [-0.3, -0.25) is 4.79 Å². The van der Waals surface area contributed by atoms with Crippen LogP contribution in [-0.4, -0.2) is 30.5 Å². The van der Waals surface area contributed by atoms with Gasteiger partial charge in [-0.15, -0.1) is 0 Å². The molecule has 0 aromatic heterocycles. The molecule has 0 atom stereocenters. The van der Waals surface area contributed by atoms with Crippen LogP contribution in [0.2, 0.25) is 0 Å². The first-order valence-corrected chi connectivity index (χ1v) is 7.09. The fraction of sp³-hybridized carbons (Fsp3) is 0.900. The lowest BCUT2D eigenvalue weighted by Crippen LogP contribution is -2.34. The summed E-state index contributed by atoms with van der Waals surface area (Å²) in [5, 5.41) is 8.52. The van der Waals surface area contributed by atoms with Crippen LogP contribution in [0.1, 0.15) is 38.5 Å². The molecule has 0 saturated heterocycles. The van der Waals surface area contributed by atoms with Crippen LogP contribution >= 0.6 is 0 Å². The molecule has 86 valence electrons. The lowest BCUT2D eigenvalue weighted by Gasteiger charge is -2.27. The number of aliphatic carboxylic acids is 1. The van der Waals surface area contributed by atoms with Crippen molar-refractivity contribution in [2.75, 3.05) is 5.75 Å². The molecule has 0 amide bonds. The van der Waals surface area contributed by atoms with Crippen molar-refractivity contribution in [2.45, 2.75) is 43.8 Å². The van der Waals surface area contributed by atoms with Crippen LogP contribution in [0.5, 0.6) is 0 Å². The standard InChI is InChI=1S/C10H16O4S/c11-9(12)6-10(4-5-10)7-15(13,14)8-2-1-3-8/h8H,1-7H2,(H,11,12). The van der Waals surface area contributed by atoms with E-state index in [1.54, 1.807) is 0 Å². The van der Waals surface area contributed by atoms with E-state index in [1.165, 1.54) is 0 Å². The van der Waals surface area contributed by atoms with Gasteiger partial charge in [0.15, 0.2) is 9.84 Å². The van der Waals surface area contributed by atoms with E-state index in [4.69, 9.17) is 5.11 Å². The number of hydrogen-bond donors (Lipinski definition) is 1. The minimum absolute atomic E-state index is 0.0128. The quantitative estimate of drug-likeness (QED) is 0.773. The SMILES string of the molecule is O=C(O)CC1(CS(=O)(=O)C2CCC2)CC1. The molecule has 15 heavy (non-hydrogen) atoms. The summed E-state index contributed by atoms with van der Waals surface area (Å²) in [4.78, 5) is 10.6. The Kier molecular flexibility index (Phi) is 2.53. The van der Waals surface area contributed by atoms with Crippen LogP contribution in [0.25, 0.3) is 0 Å². The van der Waals surface area contributed by atoms with Gasteiger partial charge in [-0.25, -0.2) is 8.42 Å². The zero-order valence-corrected chi connectivity index (χ0v) is 9.42. The van der Waals surface area contributed by atoms with Gasteiger partial charge in [-0.05, 0) is 31.1 Å². The van der Waals surface area contributed by atoms with Crippen LogP contribution in [0, 0.1) is 5.41 Å². The van der Waals surface area contributed by atoms with Gasteiger partial charge in [0.25, 0.3) is 0 Å². The minimum atomic E-state index is -3.03. The van der Waals surface area contributed by atoms with Gasteiger partial charge in [0.05, 0.1) is 17.4 Å². The molecular weight excluding hydrogens is 216 g/mol. The van der Waals surface area contributed by atoms with Crippen molar-refractivity contribution >= 4 is 15.8 Å². The maximum atomic E-state index is 11.9. The summed E-state index contributed by atoms with van der Waals surface area (Å²) in [5.41, 5.74) is -0.416. The average Bonchev–Trinajstić information content (AvgIpc) is 2.58. The molecule has 2 aliphatic rings. The number of carbonyl (C=O) groups is 1. The van der Waals surface area contributed by atoms with Crippen LogP contribution in [-0.2, 0) is 14.6 Å². The Morgan fingerprint density at radius 2 is 1.93 bits per heavy atom. The Balaban J connectivity index is 1.98. The van der Waals surface area contributed by atoms with Gasteiger partial charge in [-0.1, -0.05) is 6.42 Å². The summed E-state index contributed by atoms with van der Waals surface area (Å²) in [7, 11) is -3.03. The van der Waals surface area contributed by atoms with E-state index in [0.717, 1.165) is 32.1 Å². The highest BCUT2D eigenvalue weighted by Gasteiger charge is 2.49. The molecule has 0 bridgehead atoms. The van der Waals surface area contributed by atoms with Gasteiger partial charge >= 0.3 is 5.97 Å². The third-order valence-electron chi connectivity index (χ3n) is 3.55. The van der Waals surface area contributed by atoms with Crippen molar-refractivity contribution in [3.63, 3.8) is 0 Å². The van der Waals surface area contributed by atoms with E-state index in [-0.39, 0.29) is 17.4 Å². The maximum Gasteiger partial charge on any atom is 0.303 e. The first-order chi connectivity index (χ1) is 6.94. The molecular formula is C10H16O4S. The highest BCUT2D eigenvalue weighted by atomic mass is 32.2. The Morgan fingerprint density at radius 3 is 2.27 bits per heavy atom. The highest BCUT2D eigenvalue weighted by Crippen LogP contribution is 2.51. The average molecular weight is 232 g/mol. The minimum Gasteiger partial charge on any atom is -0.481 e. The van der Waals surface area contributed by atoms with E-state index < -0.39 is 21.2 Å². The van der Waals surface area contributed by atoms with E-state index in [0.29, 0.717) is 0 Å². The smallest absolute Gasteiger partial charge is 0.303 e. The lowest BCUT2D eigenvalue weighted by molar-refractivity contribution is -0.138. The van der Waals surface area contributed by atoms with Gasteiger partial charge in [0.1, 0.15) is 0 Å². The number of hydrogen-bond acceptors (Lipinski definition) is 3. The van der Waals surface area contributed by atoms with Gasteiger partial charge in [0.2, 0.25) is 0 Å². The monoisotopic (exact) mass is 232 g/mol. The van der Waals surface area contributed by atoms with Crippen LogP contribution in [0.15, 0.2) is 0 Å². The Labute approximate surface area is 89.6 Å². The zero-order chi connectivity index (χ0) is 11.1. The summed E-state index contributed by atoms with van der Waals surface area (Å²) < 4.78 is 23.7. The van der Waals surface area contributed by atoms with Crippen LogP contribution < -0.4 is 0 Å². The molecule has 0 aromatic carbocycles. The first-order valence-electron chi connectivity index (χ1n) is 5.37. The Bertz CT molecular complexity index is 363. The van der Waals surface area contributed by atoms with Crippen molar-refractivity contribution in [2.24, 2.45) is 5.41 Å². The van der Waals surface area contributed by atoms with Crippen molar-refractivity contribution in [1.82, 2.24) is 0 Å². The maximum absolute atomic E-state index is 11.9. The van der Waals surface area contributed by atoms with Crippen LogP contribution in [0.3, 0.4) is 0 Å². The number of carboxylic acids is 1. The molecule has 2 saturated carbocycles. The molecule has 0 unspecified atom stereocenters. The van der Waals surface area contributed by atoms with E-state index in [2.05, 4.69) is 0 Å². The fourth-order valence-electron chi connectivity index (χ4n) is 2.14. The van der Waals surface area contributed by atoms with Crippen molar-refractivity contribution in [3.8, 4) is 0 Å². The van der Waals surface area contributed by atoms with Crippen molar-refractivity contribution in [1.29, 1.82) is 0 Å². The fourth-order valence-corrected chi connectivity index (χ4v) is 4.68. The second kappa shape index (κ2) is 3.47. The third-order valence-corrected chi connectivity index (χ3v) is 6.05. The first kappa shape index (κ1) is 10.9. The molecule has 4 nitrogen and oxygen atoms in total. The Morgan fingerprint density at radius 1 is 1.33 bits per heavy atom. The molecule has 2 rings (SSSR count). The summed E-state index contributed by atoms with van der Waals surface area (Å²) >= 11 is 0. The van der Waals surface area contributed by atoms with E-state index >= 15 is 0 Å². The summed E-state index contributed by atoms with van der Waals surface area (Å²) in [5.74, 6) is -0.784. The highest BCUT2D eigenvalue weighted by molar-refractivity contribution is 7.92. The van der Waals surface area contributed by atoms with Crippen LogP contribution in [0.4, 0.5) is 0 Å². The number of sulfone groups is 1. The van der Waals surface area contributed by atoms with Gasteiger partial charge in [-0.2, -0.15) is 0 Å². The Hall–Kier alpha value is -0.580. The largest absolute Gasteiger partial charge is 0.481 e. The molecule has 2 fully saturated rings. The molecule has 2 aliphatic carbocycles. The third kappa shape index (κ3) is 2.33. The topological polar surface area (TPSA) is 71.4 Å². The lowest BCUT2D eigenvalue weighted by atomic mass is 10.00. The molecule has 1 N–H and O–H groups in total. The molecule has 5 heteroatoms. The van der Waals surface area contributed by atoms with E-state index in [9.17, 15) is 13.2 Å². The molecule has 0 aliphatic heterocycles. The normalized spacial score (nSPS) is 24.5.